The van der Waals surface area contributed by atoms with Crippen molar-refractivity contribution in [3.63, 3.8) is 0 Å². The zero-order valence-electron chi connectivity index (χ0n) is 15.9. The number of hydrogen-bond acceptors (Lipinski definition) is 2. The predicted octanol–water partition coefficient (Wildman–Crippen LogP) is 6.89. The average molecular weight is 394 g/mol. The molecule has 5 rings (SSSR count). The highest BCUT2D eigenvalue weighted by Gasteiger charge is 2.24. The Kier molecular flexibility index (Phi) is 4.52. The first-order valence-electron chi connectivity index (χ1n) is 9.58. The van der Waals surface area contributed by atoms with Gasteiger partial charge in [0.15, 0.2) is 0 Å². The van der Waals surface area contributed by atoms with Crippen molar-refractivity contribution >= 4 is 22.8 Å². The fraction of sp³-hybridized carbons (Fsp3) is 0. The summed E-state index contributed by atoms with van der Waals surface area (Å²) in [7, 11) is 0. The molecule has 0 saturated heterocycles. The number of rotatable bonds is 2. The van der Waals surface area contributed by atoms with E-state index in [0.717, 1.165) is 11.1 Å². The zero-order valence-corrected chi connectivity index (χ0v) is 15.9. The van der Waals surface area contributed by atoms with Gasteiger partial charge in [-0.3, -0.25) is 0 Å². The van der Waals surface area contributed by atoms with E-state index < -0.39 is 11.6 Å². The van der Waals surface area contributed by atoms with E-state index in [0.29, 0.717) is 22.8 Å². The summed E-state index contributed by atoms with van der Waals surface area (Å²) in [6, 6.07) is 28.4. The quantitative estimate of drug-likeness (QED) is 0.354. The fourth-order valence-electron chi connectivity index (χ4n) is 3.65. The molecule has 30 heavy (non-hydrogen) atoms. The standard InChI is InChI=1S/C26H16F2N2/c27-19-13-7-15-21-23(19)24-20(28)14-8-16-22(24)30-26(18-11-5-2-6-12-18)25(29-21)17-9-3-1-4-10-17/h1-16H. The Balaban J connectivity index is 1.91. The Hall–Kier alpha value is -3.92. The first-order chi connectivity index (χ1) is 14.7. The third-order valence-corrected chi connectivity index (χ3v) is 5.02. The first-order valence-corrected chi connectivity index (χ1v) is 9.58. The Morgan fingerprint density at radius 1 is 0.433 bits per heavy atom. The highest BCUT2D eigenvalue weighted by molar-refractivity contribution is 6.54. The molecule has 0 spiro atoms. The maximum atomic E-state index is 14.9. The average Bonchev–Trinajstić information content (AvgIpc) is 2.77. The number of fused-ring (bicyclic) bond motifs is 3. The second-order valence-electron chi connectivity index (χ2n) is 6.92. The van der Waals surface area contributed by atoms with Crippen LogP contribution in [-0.4, -0.2) is 11.4 Å². The smallest absolute Gasteiger partial charge is 0.133 e. The lowest BCUT2D eigenvalue weighted by Crippen LogP contribution is -2.18. The molecule has 4 aromatic carbocycles. The third kappa shape index (κ3) is 3.12. The monoisotopic (exact) mass is 394 g/mol. The molecule has 0 unspecified atom stereocenters. The molecule has 1 heterocycles. The zero-order chi connectivity index (χ0) is 20.5. The molecule has 4 aromatic rings. The summed E-state index contributed by atoms with van der Waals surface area (Å²) >= 11 is 0. The second-order valence-corrected chi connectivity index (χ2v) is 6.92. The molecule has 0 aromatic heterocycles. The van der Waals surface area contributed by atoms with Gasteiger partial charge < -0.3 is 0 Å². The Labute approximate surface area is 172 Å². The van der Waals surface area contributed by atoms with Crippen molar-refractivity contribution in [3.8, 4) is 11.1 Å². The minimum absolute atomic E-state index is 0.120. The van der Waals surface area contributed by atoms with Gasteiger partial charge in [-0.25, -0.2) is 18.8 Å². The van der Waals surface area contributed by atoms with E-state index in [1.165, 1.54) is 12.1 Å². The molecule has 1 aliphatic heterocycles. The van der Waals surface area contributed by atoms with Crippen LogP contribution in [0, 0.1) is 11.6 Å². The van der Waals surface area contributed by atoms with E-state index in [1.54, 1.807) is 24.3 Å². The largest absolute Gasteiger partial charge is 0.245 e. The number of aliphatic imine (C=N–C) groups is 2. The third-order valence-electron chi connectivity index (χ3n) is 5.02. The van der Waals surface area contributed by atoms with Gasteiger partial charge in [0.2, 0.25) is 0 Å². The van der Waals surface area contributed by atoms with Crippen LogP contribution in [0.3, 0.4) is 0 Å². The maximum Gasteiger partial charge on any atom is 0.133 e. The van der Waals surface area contributed by atoms with Gasteiger partial charge >= 0.3 is 0 Å². The highest BCUT2D eigenvalue weighted by Crippen LogP contribution is 2.42. The van der Waals surface area contributed by atoms with Crippen LogP contribution in [0.4, 0.5) is 20.2 Å². The molecule has 0 atom stereocenters. The summed E-state index contributed by atoms with van der Waals surface area (Å²) in [6.07, 6.45) is 0. The Morgan fingerprint density at radius 3 is 1.23 bits per heavy atom. The molecular weight excluding hydrogens is 378 g/mol. The molecule has 4 heteroatoms. The molecule has 0 radical (unpaired) electrons. The summed E-state index contributed by atoms with van der Waals surface area (Å²) in [6.45, 7) is 0. The number of benzene rings is 4. The molecule has 0 bridgehead atoms. The van der Waals surface area contributed by atoms with Gasteiger partial charge in [0.1, 0.15) is 11.6 Å². The SMILES string of the molecule is Fc1cccc2c1-c1c(F)cccc1N=C(c1ccccc1)C(c1ccccc1)=N2. The van der Waals surface area contributed by atoms with Crippen molar-refractivity contribution in [1.29, 1.82) is 0 Å². The molecule has 0 fully saturated rings. The molecule has 0 amide bonds. The second kappa shape index (κ2) is 7.48. The Morgan fingerprint density at radius 2 is 0.833 bits per heavy atom. The highest BCUT2D eigenvalue weighted by atomic mass is 19.1. The Bertz CT molecular complexity index is 1190. The van der Waals surface area contributed by atoms with Crippen LogP contribution < -0.4 is 0 Å². The number of nitrogens with zero attached hydrogens (tertiary/aromatic N) is 2. The molecule has 0 N–H and O–H groups in total. The van der Waals surface area contributed by atoms with Gasteiger partial charge in [0.05, 0.1) is 22.8 Å². The van der Waals surface area contributed by atoms with Gasteiger partial charge in [0, 0.05) is 22.3 Å². The molecule has 0 saturated carbocycles. The van der Waals surface area contributed by atoms with Crippen LogP contribution in [0.5, 0.6) is 0 Å². The van der Waals surface area contributed by atoms with Crippen molar-refractivity contribution < 1.29 is 8.78 Å². The van der Waals surface area contributed by atoms with Crippen LogP contribution in [-0.2, 0) is 0 Å². The van der Waals surface area contributed by atoms with Gasteiger partial charge in [-0.2, -0.15) is 0 Å². The van der Waals surface area contributed by atoms with Gasteiger partial charge in [-0.15, -0.1) is 0 Å². The topological polar surface area (TPSA) is 24.7 Å². The van der Waals surface area contributed by atoms with Crippen molar-refractivity contribution in [2.75, 3.05) is 0 Å². The lowest BCUT2D eigenvalue weighted by Gasteiger charge is -2.18. The van der Waals surface area contributed by atoms with E-state index in [2.05, 4.69) is 0 Å². The summed E-state index contributed by atoms with van der Waals surface area (Å²) in [5, 5.41) is 0. The summed E-state index contributed by atoms with van der Waals surface area (Å²) in [4.78, 5) is 9.61. The van der Waals surface area contributed by atoms with Crippen molar-refractivity contribution in [2.45, 2.75) is 0 Å². The fourth-order valence-corrected chi connectivity index (χ4v) is 3.65. The molecule has 0 aliphatic carbocycles. The van der Waals surface area contributed by atoms with Crippen LogP contribution in [0.15, 0.2) is 107 Å². The summed E-state index contributed by atoms with van der Waals surface area (Å²) in [5.41, 5.74) is 3.86. The van der Waals surface area contributed by atoms with Crippen molar-refractivity contribution in [3.05, 3.63) is 120 Å². The van der Waals surface area contributed by atoms with Gasteiger partial charge in [-0.1, -0.05) is 72.8 Å². The number of hydrogen-bond donors (Lipinski definition) is 0. The maximum absolute atomic E-state index is 14.9. The summed E-state index contributed by atoms with van der Waals surface area (Å²) < 4.78 is 29.8. The van der Waals surface area contributed by atoms with E-state index in [1.807, 2.05) is 60.7 Å². The minimum atomic E-state index is -0.534. The van der Waals surface area contributed by atoms with E-state index in [4.69, 9.17) is 9.98 Å². The normalized spacial score (nSPS) is 12.7. The molecular formula is C26H16F2N2. The van der Waals surface area contributed by atoms with Crippen LogP contribution in [0.2, 0.25) is 0 Å². The number of halogens is 2. The van der Waals surface area contributed by atoms with Gasteiger partial charge in [-0.05, 0) is 24.3 Å². The van der Waals surface area contributed by atoms with E-state index >= 15 is 0 Å². The van der Waals surface area contributed by atoms with Crippen LogP contribution in [0.1, 0.15) is 11.1 Å². The van der Waals surface area contributed by atoms with Crippen LogP contribution in [0.25, 0.3) is 11.1 Å². The van der Waals surface area contributed by atoms with Crippen molar-refractivity contribution in [1.82, 2.24) is 0 Å². The van der Waals surface area contributed by atoms with E-state index in [-0.39, 0.29) is 11.1 Å². The molecule has 1 aliphatic rings. The predicted molar refractivity (Wildman–Crippen MR) is 117 cm³/mol. The van der Waals surface area contributed by atoms with Crippen molar-refractivity contribution in [2.24, 2.45) is 9.98 Å². The lowest BCUT2D eigenvalue weighted by molar-refractivity contribution is 0.617. The van der Waals surface area contributed by atoms with Crippen LogP contribution >= 0.6 is 0 Å². The molecule has 144 valence electrons. The van der Waals surface area contributed by atoms with Gasteiger partial charge in [0.25, 0.3) is 0 Å². The van der Waals surface area contributed by atoms with E-state index in [9.17, 15) is 8.78 Å². The summed E-state index contributed by atoms with van der Waals surface area (Å²) in [5.74, 6) is -1.07. The minimum Gasteiger partial charge on any atom is -0.245 e. The first kappa shape index (κ1) is 18.1. The molecule has 2 nitrogen and oxygen atoms in total. The lowest BCUT2D eigenvalue weighted by atomic mass is 9.95.